The van der Waals surface area contributed by atoms with Crippen LogP contribution in [0.3, 0.4) is 0 Å². The zero-order valence-electron chi connectivity index (χ0n) is 9.62. The molecule has 17 heavy (non-hydrogen) atoms. The Morgan fingerprint density at radius 2 is 1.76 bits per heavy atom. The topological polar surface area (TPSA) is 121 Å². The summed E-state index contributed by atoms with van der Waals surface area (Å²) in [5.74, 6) is -4.61. The Morgan fingerprint density at radius 3 is 2.06 bits per heavy atom. The van der Waals surface area contributed by atoms with E-state index in [9.17, 15) is 14.4 Å². The first kappa shape index (κ1) is 17.5. The van der Waals surface area contributed by atoms with Crippen LogP contribution in [0.25, 0.3) is 0 Å². The summed E-state index contributed by atoms with van der Waals surface area (Å²) in [7, 11) is 1.00. The molecule has 7 heteroatoms. The van der Waals surface area contributed by atoms with Crippen molar-refractivity contribution < 1.29 is 34.4 Å². The van der Waals surface area contributed by atoms with E-state index < -0.39 is 36.4 Å². The Bertz CT molecular complexity index is 284. The number of aliphatic hydroxyl groups excluding tert-OH is 1. The minimum Gasteiger partial charge on any atom is -0.481 e. The summed E-state index contributed by atoms with van der Waals surface area (Å²) in [6.45, 7) is 4.46. The molecule has 0 saturated carbocycles. The fourth-order valence-electron chi connectivity index (χ4n) is 0.956. The number of hydrogen-bond donors (Lipinski definition) is 3. The SMILES string of the molecule is C=CC(=O)OC(C)C(CC(=O)O)C(=O)O.CO. The van der Waals surface area contributed by atoms with Crippen molar-refractivity contribution >= 4 is 17.9 Å². The number of rotatable bonds is 6. The van der Waals surface area contributed by atoms with Gasteiger partial charge in [-0.05, 0) is 6.92 Å². The number of ether oxygens (including phenoxy) is 1. The average Bonchev–Trinajstić information content (AvgIpc) is 2.27. The van der Waals surface area contributed by atoms with Crippen LogP contribution < -0.4 is 0 Å². The first-order valence-electron chi connectivity index (χ1n) is 4.60. The molecule has 0 bridgehead atoms. The molecular weight excluding hydrogens is 232 g/mol. The van der Waals surface area contributed by atoms with Gasteiger partial charge in [0.2, 0.25) is 0 Å². The van der Waals surface area contributed by atoms with E-state index in [4.69, 9.17) is 15.3 Å². The number of esters is 1. The number of aliphatic hydroxyl groups is 1. The molecule has 0 aliphatic rings. The molecule has 0 heterocycles. The van der Waals surface area contributed by atoms with E-state index in [-0.39, 0.29) is 0 Å². The van der Waals surface area contributed by atoms with Crippen molar-refractivity contribution in [3.63, 3.8) is 0 Å². The zero-order chi connectivity index (χ0) is 14.0. The lowest BCUT2D eigenvalue weighted by Gasteiger charge is -2.18. The number of carboxylic acid groups (broad SMARTS) is 2. The third-order valence-electron chi connectivity index (χ3n) is 1.75. The molecule has 98 valence electrons. The Morgan fingerprint density at radius 1 is 1.29 bits per heavy atom. The van der Waals surface area contributed by atoms with Crippen LogP contribution in [0.4, 0.5) is 0 Å². The third kappa shape index (κ3) is 7.97. The summed E-state index contributed by atoms with van der Waals surface area (Å²) in [6.07, 6.45) is -0.721. The van der Waals surface area contributed by atoms with Crippen LogP contribution in [-0.4, -0.2) is 46.4 Å². The van der Waals surface area contributed by atoms with Crippen molar-refractivity contribution in [2.24, 2.45) is 5.92 Å². The highest BCUT2D eigenvalue weighted by molar-refractivity contribution is 5.82. The maximum absolute atomic E-state index is 10.8. The summed E-state index contributed by atoms with van der Waals surface area (Å²) in [5, 5.41) is 24.1. The second-order valence-corrected chi connectivity index (χ2v) is 2.89. The molecule has 0 spiro atoms. The number of hydrogen-bond acceptors (Lipinski definition) is 5. The highest BCUT2D eigenvalue weighted by atomic mass is 16.5. The van der Waals surface area contributed by atoms with E-state index in [0.29, 0.717) is 0 Å². The van der Waals surface area contributed by atoms with Crippen molar-refractivity contribution in [3.8, 4) is 0 Å². The van der Waals surface area contributed by atoms with Gasteiger partial charge in [0.05, 0.1) is 6.42 Å². The maximum atomic E-state index is 10.8. The van der Waals surface area contributed by atoms with Gasteiger partial charge in [-0.2, -0.15) is 0 Å². The lowest BCUT2D eigenvalue weighted by atomic mass is 10.00. The molecular formula is C10H16O7. The quantitative estimate of drug-likeness (QED) is 0.442. The Kier molecular flexibility index (Phi) is 9.62. The molecule has 0 aromatic rings. The highest BCUT2D eigenvalue weighted by Crippen LogP contribution is 2.13. The fourth-order valence-corrected chi connectivity index (χ4v) is 0.956. The van der Waals surface area contributed by atoms with Gasteiger partial charge in [0.15, 0.2) is 0 Å². The number of carboxylic acids is 2. The van der Waals surface area contributed by atoms with Gasteiger partial charge in [0.1, 0.15) is 12.0 Å². The standard InChI is InChI=1S/C9H12O6.CH4O/c1-3-8(12)15-5(2)6(9(13)14)4-7(10)11;1-2/h3,5-6H,1,4H2,2H3,(H,10,11)(H,13,14);2H,1H3. The van der Waals surface area contributed by atoms with Gasteiger partial charge >= 0.3 is 17.9 Å². The number of aliphatic carboxylic acids is 2. The van der Waals surface area contributed by atoms with Crippen LogP contribution in [-0.2, 0) is 19.1 Å². The summed E-state index contributed by atoms with van der Waals surface area (Å²) >= 11 is 0. The van der Waals surface area contributed by atoms with Crippen LogP contribution in [0, 0.1) is 5.92 Å². The zero-order valence-corrected chi connectivity index (χ0v) is 9.62. The van der Waals surface area contributed by atoms with Crippen LogP contribution in [0.5, 0.6) is 0 Å². The fraction of sp³-hybridized carbons (Fsp3) is 0.500. The molecule has 0 aromatic heterocycles. The summed E-state index contributed by atoms with van der Waals surface area (Å²) < 4.78 is 4.62. The molecule has 0 aliphatic carbocycles. The second-order valence-electron chi connectivity index (χ2n) is 2.89. The molecule has 7 nitrogen and oxygen atoms in total. The number of carbonyl (C=O) groups is 3. The Hall–Kier alpha value is -1.89. The van der Waals surface area contributed by atoms with Crippen molar-refractivity contribution in [2.75, 3.05) is 7.11 Å². The van der Waals surface area contributed by atoms with E-state index in [1.165, 1.54) is 6.92 Å². The normalized spacial score (nSPS) is 12.4. The molecule has 0 fully saturated rings. The first-order chi connectivity index (χ1) is 7.88. The van der Waals surface area contributed by atoms with E-state index in [1.54, 1.807) is 0 Å². The maximum Gasteiger partial charge on any atom is 0.330 e. The minimum absolute atomic E-state index is 0.596. The van der Waals surface area contributed by atoms with Gasteiger partial charge in [-0.15, -0.1) is 0 Å². The highest BCUT2D eigenvalue weighted by Gasteiger charge is 2.29. The molecule has 0 rings (SSSR count). The van der Waals surface area contributed by atoms with Crippen molar-refractivity contribution in [3.05, 3.63) is 12.7 Å². The van der Waals surface area contributed by atoms with Gasteiger partial charge < -0.3 is 20.1 Å². The molecule has 3 N–H and O–H groups in total. The summed E-state index contributed by atoms with van der Waals surface area (Å²) in [4.78, 5) is 31.8. The first-order valence-corrected chi connectivity index (χ1v) is 4.60. The number of carbonyl (C=O) groups excluding carboxylic acids is 1. The van der Waals surface area contributed by atoms with Crippen LogP contribution in [0.1, 0.15) is 13.3 Å². The minimum atomic E-state index is -1.32. The van der Waals surface area contributed by atoms with Crippen molar-refractivity contribution in [1.82, 2.24) is 0 Å². The van der Waals surface area contributed by atoms with E-state index in [2.05, 4.69) is 11.3 Å². The smallest absolute Gasteiger partial charge is 0.330 e. The molecule has 0 saturated heterocycles. The summed E-state index contributed by atoms with van der Waals surface area (Å²) in [6, 6.07) is 0. The molecule has 0 radical (unpaired) electrons. The largest absolute Gasteiger partial charge is 0.481 e. The van der Waals surface area contributed by atoms with E-state index >= 15 is 0 Å². The van der Waals surface area contributed by atoms with Crippen LogP contribution >= 0.6 is 0 Å². The predicted molar refractivity (Wildman–Crippen MR) is 57.3 cm³/mol. The van der Waals surface area contributed by atoms with Gasteiger partial charge in [-0.3, -0.25) is 9.59 Å². The van der Waals surface area contributed by atoms with Gasteiger partial charge in [-0.25, -0.2) is 4.79 Å². The van der Waals surface area contributed by atoms with Crippen LogP contribution in [0.2, 0.25) is 0 Å². The Labute approximate surface area is 98.3 Å². The molecule has 0 aromatic carbocycles. The molecule has 0 amide bonds. The lowest BCUT2D eigenvalue weighted by Crippen LogP contribution is -2.31. The summed E-state index contributed by atoms with van der Waals surface area (Å²) in [5.41, 5.74) is 0. The molecule has 2 unspecified atom stereocenters. The van der Waals surface area contributed by atoms with Crippen molar-refractivity contribution in [1.29, 1.82) is 0 Å². The predicted octanol–water partition coefficient (Wildman–Crippen LogP) is -0.112. The molecule has 2 atom stereocenters. The van der Waals surface area contributed by atoms with E-state index in [0.717, 1.165) is 13.2 Å². The van der Waals surface area contributed by atoms with E-state index in [1.807, 2.05) is 0 Å². The molecule has 0 aliphatic heterocycles. The van der Waals surface area contributed by atoms with Crippen molar-refractivity contribution in [2.45, 2.75) is 19.4 Å². The van der Waals surface area contributed by atoms with Gasteiger partial charge in [-0.1, -0.05) is 6.58 Å². The lowest BCUT2D eigenvalue weighted by molar-refractivity contribution is -0.158. The second kappa shape index (κ2) is 9.34. The Balaban J connectivity index is 0. The van der Waals surface area contributed by atoms with Gasteiger partial charge in [0, 0.05) is 13.2 Å². The monoisotopic (exact) mass is 248 g/mol. The van der Waals surface area contributed by atoms with Crippen LogP contribution in [0.15, 0.2) is 12.7 Å². The average molecular weight is 248 g/mol. The van der Waals surface area contributed by atoms with Gasteiger partial charge in [0.25, 0.3) is 0 Å². The third-order valence-corrected chi connectivity index (χ3v) is 1.75.